The van der Waals surface area contributed by atoms with E-state index in [4.69, 9.17) is 15.9 Å². The van der Waals surface area contributed by atoms with E-state index in [-0.39, 0.29) is 22.9 Å². The van der Waals surface area contributed by atoms with Gasteiger partial charge in [-0.1, -0.05) is 0 Å². The van der Waals surface area contributed by atoms with Gasteiger partial charge in [0.15, 0.2) is 11.6 Å². The standard InChI is InChI=1S/C7H7NO3.C6H4O2/c8-4-1-2-5(7(10)11)6(9)3-4;7-5-1-2-6(8)4-3-5/h1-3,9H,8H2,(H,10,11);1-4H. The minimum atomic E-state index is -1.16. The SMILES string of the molecule is Nc1ccc(C(=O)O)c(O)c1.O=C1C=CC(=O)C=C1. The molecule has 1 aliphatic rings. The van der Waals surface area contributed by atoms with Gasteiger partial charge in [0, 0.05) is 11.8 Å². The number of ketones is 2. The van der Waals surface area contributed by atoms with Crippen LogP contribution in [0.25, 0.3) is 0 Å². The van der Waals surface area contributed by atoms with Gasteiger partial charge in [0.1, 0.15) is 11.3 Å². The molecule has 0 unspecified atom stereocenters. The Morgan fingerprint density at radius 1 is 1.00 bits per heavy atom. The molecule has 0 aromatic heterocycles. The van der Waals surface area contributed by atoms with Gasteiger partial charge in [-0.25, -0.2) is 4.79 Å². The van der Waals surface area contributed by atoms with E-state index >= 15 is 0 Å². The van der Waals surface area contributed by atoms with Crippen molar-refractivity contribution >= 4 is 23.2 Å². The van der Waals surface area contributed by atoms with E-state index in [0.29, 0.717) is 5.69 Å². The van der Waals surface area contributed by atoms with E-state index in [1.807, 2.05) is 0 Å². The van der Waals surface area contributed by atoms with Crippen LogP contribution in [-0.4, -0.2) is 27.7 Å². The number of carbonyl (C=O) groups is 3. The summed E-state index contributed by atoms with van der Waals surface area (Å²) in [5, 5.41) is 17.5. The van der Waals surface area contributed by atoms with E-state index in [2.05, 4.69) is 0 Å². The van der Waals surface area contributed by atoms with Crippen LogP contribution in [0.15, 0.2) is 42.5 Å². The predicted octanol–water partition coefficient (Wildman–Crippen LogP) is 0.923. The lowest BCUT2D eigenvalue weighted by atomic mass is 10.2. The van der Waals surface area contributed by atoms with E-state index in [9.17, 15) is 14.4 Å². The summed E-state index contributed by atoms with van der Waals surface area (Å²) in [5.41, 5.74) is 5.48. The quantitative estimate of drug-likeness (QED) is 0.511. The Morgan fingerprint density at radius 2 is 1.47 bits per heavy atom. The highest BCUT2D eigenvalue weighted by Crippen LogP contribution is 2.19. The summed E-state index contributed by atoms with van der Waals surface area (Å²) >= 11 is 0. The molecule has 0 spiro atoms. The van der Waals surface area contributed by atoms with Crippen LogP contribution in [-0.2, 0) is 9.59 Å². The number of aromatic hydroxyl groups is 1. The van der Waals surface area contributed by atoms with Crippen LogP contribution in [0, 0.1) is 0 Å². The lowest BCUT2D eigenvalue weighted by Crippen LogP contribution is -1.97. The monoisotopic (exact) mass is 261 g/mol. The second-order valence-electron chi connectivity index (χ2n) is 3.55. The molecule has 1 aromatic rings. The number of nitrogen functional groups attached to an aromatic ring is 1. The Balaban J connectivity index is 0.000000200. The van der Waals surface area contributed by atoms with Crippen LogP contribution in [0.2, 0.25) is 0 Å². The van der Waals surface area contributed by atoms with Crippen LogP contribution in [0.4, 0.5) is 5.69 Å². The summed E-state index contributed by atoms with van der Waals surface area (Å²) in [7, 11) is 0. The van der Waals surface area contributed by atoms with Crippen LogP contribution >= 0.6 is 0 Å². The van der Waals surface area contributed by atoms with Crippen molar-refractivity contribution in [2.24, 2.45) is 0 Å². The number of hydrogen-bond donors (Lipinski definition) is 3. The largest absolute Gasteiger partial charge is 0.507 e. The minimum absolute atomic E-state index is 0.121. The Labute approximate surface area is 108 Å². The topological polar surface area (TPSA) is 118 Å². The first kappa shape index (κ1) is 14.2. The molecule has 2 rings (SSSR count). The second kappa shape index (κ2) is 6.15. The molecule has 0 amide bonds. The third kappa shape index (κ3) is 4.47. The molecule has 0 heterocycles. The molecule has 0 bridgehead atoms. The average molecular weight is 261 g/mol. The number of carboxylic acids is 1. The number of allylic oxidation sites excluding steroid dienone is 4. The van der Waals surface area contributed by atoms with Crippen molar-refractivity contribution < 1.29 is 24.6 Å². The van der Waals surface area contributed by atoms with Crippen LogP contribution in [0.1, 0.15) is 10.4 Å². The molecule has 6 nitrogen and oxygen atoms in total. The number of nitrogens with two attached hydrogens (primary N) is 1. The molecular formula is C13H11NO5. The summed E-state index contributed by atoms with van der Waals surface area (Å²) in [6, 6.07) is 3.87. The normalized spacial score (nSPS) is 12.8. The molecule has 19 heavy (non-hydrogen) atoms. The summed E-state index contributed by atoms with van der Waals surface area (Å²) < 4.78 is 0. The van der Waals surface area contributed by atoms with Gasteiger partial charge in [-0.15, -0.1) is 0 Å². The molecule has 0 aliphatic heterocycles. The number of anilines is 1. The molecule has 0 radical (unpaired) electrons. The molecule has 1 aliphatic carbocycles. The summed E-state index contributed by atoms with van der Waals surface area (Å²) in [6.45, 7) is 0. The molecule has 0 saturated heterocycles. The van der Waals surface area contributed by atoms with Crippen molar-refractivity contribution in [1.82, 2.24) is 0 Å². The Kier molecular flexibility index (Phi) is 4.59. The molecular weight excluding hydrogens is 250 g/mol. The fourth-order valence-electron chi connectivity index (χ4n) is 1.17. The highest BCUT2D eigenvalue weighted by Gasteiger charge is 2.07. The molecule has 0 atom stereocenters. The lowest BCUT2D eigenvalue weighted by molar-refractivity contribution is -0.113. The Bertz CT molecular complexity index is 549. The van der Waals surface area contributed by atoms with Gasteiger partial charge in [-0.2, -0.15) is 0 Å². The van der Waals surface area contributed by atoms with Crippen molar-refractivity contribution in [2.75, 3.05) is 5.73 Å². The van der Waals surface area contributed by atoms with Gasteiger partial charge < -0.3 is 15.9 Å². The summed E-state index contributed by atoms with van der Waals surface area (Å²) in [4.78, 5) is 30.9. The van der Waals surface area contributed by atoms with Gasteiger partial charge in [-0.3, -0.25) is 9.59 Å². The highest BCUT2D eigenvalue weighted by molar-refractivity contribution is 6.14. The Hall–Kier alpha value is -2.89. The van der Waals surface area contributed by atoms with E-state index < -0.39 is 5.97 Å². The molecule has 0 saturated carbocycles. The third-order valence-corrected chi connectivity index (χ3v) is 2.08. The van der Waals surface area contributed by atoms with Crippen molar-refractivity contribution in [2.45, 2.75) is 0 Å². The fourth-order valence-corrected chi connectivity index (χ4v) is 1.17. The zero-order chi connectivity index (χ0) is 14.4. The molecule has 6 heteroatoms. The number of carbonyl (C=O) groups excluding carboxylic acids is 2. The van der Waals surface area contributed by atoms with Crippen molar-refractivity contribution in [3.05, 3.63) is 48.1 Å². The van der Waals surface area contributed by atoms with Crippen molar-refractivity contribution in [3.8, 4) is 5.75 Å². The van der Waals surface area contributed by atoms with E-state index in [1.54, 1.807) is 0 Å². The van der Waals surface area contributed by atoms with Gasteiger partial charge >= 0.3 is 5.97 Å². The van der Waals surface area contributed by atoms with E-state index in [0.717, 1.165) is 0 Å². The predicted molar refractivity (Wildman–Crippen MR) is 67.8 cm³/mol. The second-order valence-corrected chi connectivity index (χ2v) is 3.55. The molecule has 4 N–H and O–H groups in total. The van der Waals surface area contributed by atoms with Crippen LogP contribution in [0.3, 0.4) is 0 Å². The number of benzene rings is 1. The third-order valence-electron chi connectivity index (χ3n) is 2.08. The van der Waals surface area contributed by atoms with E-state index in [1.165, 1.54) is 42.5 Å². The van der Waals surface area contributed by atoms with Gasteiger partial charge in [0.05, 0.1) is 0 Å². The fraction of sp³-hybridized carbons (Fsp3) is 0. The first-order chi connectivity index (χ1) is 8.90. The first-order valence-corrected chi connectivity index (χ1v) is 5.16. The van der Waals surface area contributed by atoms with Crippen molar-refractivity contribution in [3.63, 3.8) is 0 Å². The van der Waals surface area contributed by atoms with Crippen LogP contribution < -0.4 is 5.73 Å². The smallest absolute Gasteiger partial charge is 0.339 e. The molecule has 0 fully saturated rings. The molecule has 1 aromatic carbocycles. The number of phenols is 1. The maximum atomic E-state index is 10.3. The zero-order valence-electron chi connectivity index (χ0n) is 9.74. The van der Waals surface area contributed by atoms with Crippen LogP contribution in [0.5, 0.6) is 5.75 Å². The van der Waals surface area contributed by atoms with Crippen molar-refractivity contribution in [1.29, 1.82) is 0 Å². The van der Waals surface area contributed by atoms with Gasteiger partial charge in [0.25, 0.3) is 0 Å². The summed E-state index contributed by atoms with van der Waals surface area (Å²) in [5.74, 6) is -1.71. The maximum absolute atomic E-state index is 10.3. The summed E-state index contributed by atoms with van der Waals surface area (Å²) in [6.07, 6.45) is 5.01. The zero-order valence-corrected chi connectivity index (χ0v) is 9.74. The molecule has 98 valence electrons. The van der Waals surface area contributed by atoms with Gasteiger partial charge in [0.2, 0.25) is 0 Å². The maximum Gasteiger partial charge on any atom is 0.339 e. The number of rotatable bonds is 1. The number of aromatic carboxylic acids is 1. The minimum Gasteiger partial charge on any atom is -0.507 e. The first-order valence-electron chi connectivity index (χ1n) is 5.16. The number of hydrogen-bond acceptors (Lipinski definition) is 5. The highest BCUT2D eigenvalue weighted by atomic mass is 16.4. The average Bonchev–Trinajstić information content (AvgIpc) is 2.33. The number of carboxylic acid groups (broad SMARTS) is 1. The lowest BCUT2D eigenvalue weighted by Gasteiger charge is -1.98. The Morgan fingerprint density at radius 3 is 1.84 bits per heavy atom. The van der Waals surface area contributed by atoms with Gasteiger partial charge in [-0.05, 0) is 36.4 Å².